The van der Waals surface area contributed by atoms with Crippen molar-refractivity contribution in [3.05, 3.63) is 65.9 Å². The summed E-state index contributed by atoms with van der Waals surface area (Å²) >= 11 is 0. The summed E-state index contributed by atoms with van der Waals surface area (Å²) < 4.78 is 10.6. The Kier molecular flexibility index (Phi) is 5.81. The van der Waals surface area contributed by atoms with E-state index in [1.807, 2.05) is 54.7 Å². The second-order valence-electron chi connectivity index (χ2n) is 6.89. The van der Waals surface area contributed by atoms with Gasteiger partial charge in [0.05, 0.1) is 26.5 Å². The van der Waals surface area contributed by atoms with Crippen molar-refractivity contribution in [3.63, 3.8) is 0 Å². The smallest absolute Gasteiger partial charge is 0.318 e. The zero-order valence-corrected chi connectivity index (χ0v) is 17.0. The van der Waals surface area contributed by atoms with E-state index in [9.17, 15) is 5.11 Å². The maximum Gasteiger partial charge on any atom is 0.318 e. The van der Waals surface area contributed by atoms with Crippen LogP contribution in [0.1, 0.15) is 11.1 Å². The van der Waals surface area contributed by atoms with Gasteiger partial charge in [-0.05, 0) is 41.8 Å². The minimum absolute atomic E-state index is 0.0173. The number of aliphatic hydroxyl groups is 1. The fourth-order valence-electron chi connectivity index (χ4n) is 3.40. The van der Waals surface area contributed by atoms with Crippen LogP contribution in [0.15, 0.2) is 54.7 Å². The molecular weight excluding hydrogens is 380 g/mol. The molecule has 2 aromatic heterocycles. The number of anilines is 1. The Morgan fingerprint density at radius 3 is 2.73 bits per heavy atom. The average Bonchev–Trinajstić information content (AvgIpc) is 3.21. The Bertz CT molecular complexity index is 1160. The summed E-state index contributed by atoms with van der Waals surface area (Å²) in [6.07, 6.45) is 2.84. The first-order chi connectivity index (χ1) is 14.7. The van der Waals surface area contributed by atoms with Crippen molar-refractivity contribution < 1.29 is 14.6 Å². The van der Waals surface area contributed by atoms with Gasteiger partial charge in [0, 0.05) is 35.3 Å². The SMILES string of the molecule is COc1ccc2[nH]cc(CCNc3cc(-c4cccc(CO)c4)nc(OC)n3)c2c1. The van der Waals surface area contributed by atoms with Crippen LogP contribution in [0.5, 0.6) is 11.8 Å². The fourth-order valence-corrected chi connectivity index (χ4v) is 3.40. The van der Waals surface area contributed by atoms with Crippen molar-refractivity contribution in [1.29, 1.82) is 0 Å². The zero-order valence-electron chi connectivity index (χ0n) is 17.0. The molecule has 3 N–H and O–H groups in total. The van der Waals surface area contributed by atoms with Crippen LogP contribution >= 0.6 is 0 Å². The van der Waals surface area contributed by atoms with Gasteiger partial charge in [-0.15, -0.1) is 0 Å². The number of nitrogens with one attached hydrogen (secondary N) is 2. The van der Waals surface area contributed by atoms with Crippen LogP contribution in [0.3, 0.4) is 0 Å². The average molecular weight is 404 g/mol. The largest absolute Gasteiger partial charge is 0.497 e. The first kappa shape index (κ1) is 19.7. The number of nitrogens with zero attached hydrogens (tertiary/aromatic N) is 2. The lowest BCUT2D eigenvalue weighted by Crippen LogP contribution is -2.07. The molecule has 0 radical (unpaired) electrons. The molecule has 2 heterocycles. The number of aromatic amines is 1. The molecule has 0 aliphatic heterocycles. The van der Waals surface area contributed by atoms with Crippen LogP contribution in [-0.2, 0) is 13.0 Å². The number of rotatable bonds is 8. The number of aromatic nitrogens is 3. The van der Waals surface area contributed by atoms with E-state index in [-0.39, 0.29) is 6.61 Å². The second-order valence-corrected chi connectivity index (χ2v) is 6.89. The summed E-state index contributed by atoms with van der Waals surface area (Å²) in [4.78, 5) is 12.1. The number of H-pyrrole nitrogens is 1. The predicted molar refractivity (Wildman–Crippen MR) is 117 cm³/mol. The highest BCUT2D eigenvalue weighted by atomic mass is 16.5. The highest BCUT2D eigenvalue weighted by molar-refractivity contribution is 5.84. The highest BCUT2D eigenvalue weighted by Crippen LogP contribution is 2.25. The maximum atomic E-state index is 9.40. The highest BCUT2D eigenvalue weighted by Gasteiger charge is 2.09. The number of methoxy groups -OCH3 is 2. The topological polar surface area (TPSA) is 92.3 Å². The monoisotopic (exact) mass is 404 g/mol. The molecule has 0 fully saturated rings. The summed E-state index contributed by atoms with van der Waals surface area (Å²) in [6.45, 7) is 0.678. The summed E-state index contributed by atoms with van der Waals surface area (Å²) in [7, 11) is 3.22. The third kappa shape index (κ3) is 4.21. The number of benzene rings is 2. The van der Waals surface area contributed by atoms with Gasteiger partial charge < -0.3 is 24.9 Å². The molecule has 0 saturated heterocycles. The quantitative estimate of drug-likeness (QED) is 0.414. The van der Waals surface area contributed by atoms with E-state index in [2.05, 4.69) is 20.3 Å². The Morgan fingerprint density at radius 1 is 1.03 bits per heavy atom. The molecule has 0 spiro atoms. The van der Waals surface area contributed by atoms with Crippen LogP contribution in [0.2, 0.25) is 0 Å². The standard InChI is InChI=1S/C23H24N4O3/c1-29-18-6-7-20-19(11-18)17(13-25-20)8-9-24-22-12-21(26-23(27-22)30-2)16-5-3-4-15(10-16)14-28/h3-7,10-13,25,28H,8-9,14H2,1-2H3,(H,24,26,27). The van der Waals surface area contributed by atoms with E-state index in [0.717, 1.165) is 39.9 Å². The molecule has 0 amide bonds. The fraction of sp³-hybridized carbons (Fsp3) is 0.217. The van der Waals surface area contributed by atoms with Crippen LogP contribution in [0.25, 0.3) is 22.2 Å². The van der Waals surface area contributed by atoms with E-state index >= 15 is 0 Å². The van der Waals surface area contributed by atoms with Crippen molar-refractivity contribution in [2.45, 2.75) is 13.0 Å². The molecule has 30 heavy (non-hydrogen) atoms. The Balaban J connectivity index is 1.52. The van der Waals surface area contributed by atoms with E-state index in [4.69, 9.17) is 9.47 Å². The number of hydrogen-bond donors (Lipinski definition) is 3. The van der Waals surface area contributed by atoms with Gasteiger partial charge in [0.25, 0.3) is 0 Å². The minimum Gasteiger partial charge on any atom is -0.497 e. The third-order valence-electron chi connectivity index (χ3n) is 4.97. The first-order valence-corrected chi connectivity index (χ1v) is 9.71. The first-order valence-electron chi connectivity index (χ1n) is 9.71. The van der Waals surface area contributed by atoms with Gasteiger partial charge in [-0.3, -0.25) is 0 Å². The lowest BCUT2D eigenvalue weighted by Gasteiger charge is -2.10. The molecule has 7 nitrogen and oxygen atoms in total. The Hall–Kier alpha value is -3.58. The second kappa shape index (κ2) is 8.84. The Labute approximate surface area is 174 Å². The van der Waals surface area contributed by atoms with Gasteiger partial charge in [-0.2, -0.15) is 9.97 Å². The van der Waals surface area contributed by atoms with Gasteiger partial charge in [0.1, 0.15) is 11.6 Å². The molecule has 7 heteroatoms. The van der Waals surface area contributed by atoms with E-state index in [0.29, 0.717) is 18.4 Å². The van der Waals surface area contributed by atoms with Gasteiger partial charge in [-0.25, -0.2) is 0 Å². The van der Waals surface area contributed by atoms with Gasteiger partial charge in [0.15, 0.2) is 0 Å². The number of aliphatic hydroxyl groups excluding tert-OH is 1. The molecule has 0 aliphatic rings. The predicted octanol–water partition coefficient (Wildman–Crippen LogP) is 3.79. The lowest BCUT2D eigenvalue weighted by atomic mass is 10.1. The number of hydrogen-bond acceptors (Lipinski definition) is 6. The molecule has 0 unspecified atom stereocenters. The zero-order chi connectivity index (χ0) is 20.9. The molecule has 0 saturated carbocycles. The Morgan fingerprint density at radius 2 is 1.93 bits per heavy atom. The van der Waals surface area contributed by atoms with Crippen molar-refractivity contribution in [1.82, 2.24) is 15.0 Å². The summed E-state index contributed by atoms with van der Waals surface area (Å²) in [5, 5.41) is 13.9. The summed E-state index contributed by atoms with van der Waals surface area (Å²) in [5.74, 6) is 1.52. The summed E-state index contributed by atoms with van der Waals surface area (Å²) in [6, 6.07) is 15.8. The number of fused-ring (bicyclic) bond motifs is 1. The van der Waals surface area contributed by atoms with Gasteiger partial charge in [-0.1, -0.05) is 18.2 Å². The van der Waals surface area contributed by atoms with Gasteiger partial charge in [0.2, 0.25) is 0 Å². The van der Waals surface area contributed by atoms with E-state index in [1.165, 1.54) is 5.56 Å². The van der Waals surface area contributed by atoms with Crippen LogP contribution in [0, 0.1) is 0 Å². The summed E-state index contributed by atoms with van der Waals surface area (Å²) in [5.41, 5.74) is 4.74. The third-order valence-corrected chi connectivity index (χ3v) is 4.97. The molecule has 4 rings (SSSR count). The minimum atomic E-state index is -0.0173. The maximum absolute atomic E-state index is 9.40. The van der Waals surface area contributed by atoms with Crippen molar-refractivity contribution in [2.24, 2.45) is 0 Å². The molecule has 154 valence electrons. The van der Waals surface area contributed by atoms with Crippen molar-refractivity contribution in [3.8, 4) is 23.0 Å². The van der Waals surface area contributed by atoms with E-state index < -0.39 is 0 Å². The van der Waals surface area contributed by atoms with Crippen molar-refractivity contribution >= 4 is 16.7 Å². The molecule has 0 atom stereocenters. The van der Waals surface area contributed by atoms with Crippen LogP contribution in [0.4, 0.5) is 5.82 Å². The molecule has 0 bridgehead atoms. The normalized spacial score (nSPS) is 10.9. The van der Waals surface area contributed by atoms with Crippen LogP contribution in [-0.4, -0.2) is 40.8 Å². The van der Waals surface area contributed by atoms with Crippen molar-refractivity contribution in [2.75, 3.05) is 26.1 Å². The molecular formula is C23H24N4O3. The molecule has 2 aromatic carbocycles. The van der Waals surface area contributed by atoms with Crippen LogP contribution < -0.4 is 14.8 Å². The number of ether oxygens (including phenoxy) is 2. The lowest BCUT2D eigenvalue weighted by molar-refractivity contribution is 0.282. The molecule has 0 aliphatic carbocycles. The molecule has 4 aromatic rings. The van der Waals surface area contributed by atoms with E-state index in [1.54, 1.807) is 14.2 Å². The van der Waals surface area contributed by atoms with Gasteiger partial charge >= 0.3 is 6.01 Å².